The molecule has 0 aromatic carbocycles. The van der Waals surface area contributed by atoms with Crippen molar-refractivity contribution in [2.75, 3.05) is 19.8 Å². The Kier molecular flexibility index (Phi) is 35.9. The van der Waals surface area contributed by atoms with Crippen molar-refractivity contribution < 1.29 is 28.4 Å². The summed E-state index contributed by atoms with van der Waals surface area (Å²) in [5.74, 6) is -0.160. The van der Waals surface area contributed by atoms with E-state index in [0.717, 1.165) is 38.5 Å². The topological polar surface area (TPSA) is 131 Å². The summed E-state index contributed by atoms with van der Waals surface area (Å²) in [4.78, 5) is 22.6. The van der Waals surface area contributed by atoms with Gasteiger partial charge in [0.1, 0.15) is 0 Å². The van der Waals surface area contributed by atoms with Crippen LogP contribution in [0.3, 0.4) is 0 Å². The number of phosphoric ester groups is 1. The van der Waals surface area contributed by atoms with Gasteiger partial charge in [0.15, 0.2) is 0 Å². The van der Waals surface area contributed by atoms with Crippen molar-refractivity contribution in [3.8, 4) is 0 Å². The molecule has 5 N–H and O–H groups in total. The van der Waals surface area contributed by atoms with E-state index < -0.39 is 20.0 Å². The van der Waals surface area contributed by atoms with E-state index in [-0.39, 0.29) is 25.7 Å². The van der Waals surface area contributed by atoms with Gasteiger partial charge in [-0.1, -0.05) is 194 Å². The molecular weight excluding hydrogens is 623 g/mol. The number of nitrogens with one attached hydrogen (secondary N) is 1. The molecule has 8 nitrogen and oxygen atoms in total. The standard InChI is InChI=1S/C39H81N2O6P/c1-3-5-7-9-11-13-14-15-16-17-18-19-20-21-22-23-24-25-27-29-31-33-39(43)41-37(36-47-48(44,45)46-35-34-40)38(42)32-30-28-26-12-10-8-6-4-2/h37-38,42H,3-36,40H2,1-2H3,(H,41,43)(H,44,45). The molecule has 0 bridgehead atoms. The molecule has 3 unspecified atom stereocenters. The number of aliphatic hydroxyl groups excluding tert-OH is 1. The highest BCUT2D eigenvalue weighted by Crippen LogP contribution is 2.43. The molecule has 0 rings (SSSR count). The van der Waals surface area contributed by atoms with Crippen LogP contribution < -0.4 is 11.1 Å². The molecule has 3 atom stereocenters. The number of rotatable bonds is 39. The Bertz CT molecular complexity index is 729. The number of hydrogen-bond acceptors (Lipinski definition) is 6. The lowest BCUT2D eigenvalue weighted by Crippen LogP contribution is -2.46. The second-order valence-corrected chi connectivity index (χ2v) is 15.7. The predicted molar refractivity (Wildman–Crippen MR) is 203 cm³/mol. The van der Waals surface area contributed by atoms with Crippen molar-refractivity contribution in [2.45, 2.75) is 225 Å². The first-order chi connectivity index (χ1) is 23.4. The average molecular weight is 705 g/mol. The molecule has 0 spiro atoms. The fourth-order valence-corrected chi connectivity index (χ4v) is 7.07. The zero-order valence-corrected chi connectivity index (χ0v) is 32.6. The van der Waals surface area contributed by atoms with Crippen molar-refractivity contribution in [1.29, 1.82) is 0 Å². The Morgan fingerprint density at radius 2 is 0.958 bits per heavy atom. The third kappa shape index (κ3) is 34.0. The van der Waals surface area contributed by atoms with E-state index in [9.17, 15) is 19.4 Å². The maximum Gasteiger partial charge on any atom is 0.472 e. The molecule has 9 heteroatoms. The van der Waals surface area contributed by atoms with E-state index in [2.05, 4.69) is 19.2 Å². The minimum atomic E-state index is -4.30. The van der Waals surface area contributed by atoms with Crippen molar-refractivity contribution >= 4 is 13.7 Å². The zero-order valence-electron chi connectivity index (χ0n) is 31.7. The summed E-state index contributed by atoms with van der Waals surface area (Å²) in [7, 11) is -4.30. The first-order valence-corrected chi connectivity index (χ1v) is 22.1. The van der Waals surface area contributed by atoms with Gasteiger partial charge in [0.2, 0.25) is 5.91 Å². The third-order valence-electron chi connectivity index (χ3n) is 9.46. The average Bonchev–Trinajstić information content (AvgIpc) is 3.07. The molecule has 0 aliphatic heterocycles. The number of carbonyl (C=O) groups is 1. The van der Waals surface area contributed by atoms with Crippen LogP contribution in [0, 0.1) is 0 Å². The van der Waals surface area contributed by atoms with Crippen LogP contribution >= 0.6 is 7.82 Å². The Labute approximate surface area is 297 Å². The number of unbranched alkanes of at least 4 members (excludes halogenated alkanes) is 27. The summed E-state index contributed by atoms with van der Waals surface area (Å²) < 4.78 is 22.0. The second-order valence-electron chi connectivity index (χ2n) is 14.2. The molecule has 0 saturated carbocycles. The van der Waals surface area contributed by atoms with Crippen LogP contribution in [-0.2, 0) is 18.4 Å². The van der Waals surface area contributed by atoms with Gasteiger partial charge in [-0.3, -0.25) is 13.8 Å². The Morgan fingerprint density at radius 1 is 0.604 bits per heavy atom. The molecule has 1 amide bonds. The van der Waals surface area contributed by atoms with Crippen LogP contribution in [0.4, 0.5) is 0 Å². The summed E-state index contributed by atoms with van der Waals surface area (Å²) >= 11 is 0. The Balaban J connectivity index is 3.97. The lowest BCUT2D eigenvalue weighted by atomic mass is 10.0. The van der Waals surface area contributed by atoms with E-state index in [1.165, 1.54) is 148 Å². The van der Waals surface area contributed by atoms with Gasteiger partial charge in [-0.25, -0.2) is 4.57 Å². The van der Waals surface area contributed by atoms with Crippen LogP contribution in [0.2, 0.25) is 0 Å². The highest BCUT2D eigenvalue weighted by molar-refractivity contribution is 7.47. The monoisotopic (exact) mass is 705 g/mol. The van der Waals surface area contributed by atoms with Crippen LogP contribution in [-0.4, -0.2) is 47.8 Å². The molecule has 0 saturated heterocycles. The van der Waals surface area contributed by atoms with Crippen molar-refractivity contribution in [1.82, 2.24) is 5.32 Å². The molecule has 0 aliphatic rings. The summed E-state index contributed by atoms with van der Waals surface area (Å²) in [6.07, 6.45) is 37.0. The minimum absolute atomic E-state index is 0.0919. The maximum atomic E-state index is 12.7. The van der Waals surface area contributed by atoms with E-state index in [1.807, 2.05) is 0 Å². The molecule has 288 valence electrons. The molecule has 0 fully saturated rings. The number of hydrogen-bond donors (Lipinski definition) is 4. The highest BCUT2D eigenvalue weighted by Gasteiger charge is 2.27. The lowest BCUT2D eigenvalue weighted by molar-refractivity contribution is -0.123. The van der Waals surface area contributed by atoms with E-state index in [1.54, 1.807) is 0 Å². The van der Waals surface area contributed by atoms with E-state index >= 15 is 0 Å². The molecular formula is C39H81N2O6P. The third-order valence-corrected chi connectivity index (χ3v) is 10.4. The van der Waals surface area contributed by atoms with Gasteiger partial charge >= 0.3 is 7.82 Å². The van der Waals surface area contributed by atoms with Gasteiger partial charge in [-0.2, -0.15) is 0 Å². The molecule has 48 heavy (non-hydrogen) atoms. The van der Waals surface area contributed by atoms with Crippen LogP contribution in [0.1, 0.15) is 213 Å². The Hall–Kier alpha value is -0.500. The van der Waals surface area contributed by atoms with Crippen LogP contribution in [0.15, 0.2) is 0 Å². The highest BCUT2D eigenvalue weighted by atomic mass is 31.2. The number of aliphatic hydroxyl groups is 1. The van der Waals surface area contributed by atoms with Gasteiger partial charge in [0, 0.05) is 13.0 Å². The summed E-state index contributed by atoms with van der Waals surface area (Å²) in [6.45, 7) is 4.19. The lowest BCUT2D eigenvalue weighted by Gasteiger charge is -2.25. The van der Waals surface area contributed by atoms with Gasteiger partial charge in [-0.15, -0.1) is 0 Å². The summed E-state index contributed by atoms with van der Waals surface area (Å²) in [6, 6.07) is -0.765. The molecule has 0 aliphatic carbocycles. The molecule has 0 radical (unpaired) electrons. The normalized spacial score (nSPS) is 14.2. The van der Waals surface area contributed by atoms with Gasteiger partial charge in [-0.05, 0) is 12.8 Å². The SMILES string of the molecule is CCCCCCCCCCCCCCCCCCCCCCCC(=O)NC(COP(=O)(O)OCCN)C(O)CCCCCCCCCC. The quantitative estimate of drug-likeness (QED) is 0.0370. The van der Waals surface area contributed by atoms with Crippen molar-refractivity contribution in [3.63, 3.8) is 0 Å². The van der Waals surface area contributed by atoms with Gasteiger partial charge < -0.3 is 21.1 Å². The first kappa shape index (κ1) is 47.5. The number of carbonyl (C=O) groups excluding carboxylic acids is 1. The molecule has 0 aromatic rings. The largest absolute Gasteiger partial charge is 0.472 e. The van der Waals surface area contributed by atoms with Gasteiger partial charge in [0.25, 0.3) is 0 Å². The fraction of sp³-hybridized carbons (Fsp3) is 0.974. The summed E-state index contributed by atoms with van der Waals surface area (Å²) in [5.41, 5.74) is 5.36. The van der Waals surface area contributed by atoms with Crippen molar-refractivity contribution in [2.24, 2.45) is 5.73 Å². The molecule has 0 heterocycles. The van der Waals surface area contributed by atoms with Crippen LogP contribution in [0.5, 0.6) is 0 Å². The number of phosphoric acid groups is 1. The fourth-order valence-electron chi connectivity index (χ4n) is 6.31. The smallest absolute Gasteiger partial charge is 0.391 e. The minimum Gasteiger partial charge on any atom is -0.391 e. The van der Waals surface area contributed by atoms with Crippen LogP contribution in [0.25, 0.3) is 0 Å². The maximum absolute atomic E-state index is 12.7. The predicted octanol–water partition coefficient (Wildman–Crippen LogP) is 11.1. The van der Waals surface area contributed by atoms with E-state index in [0.29, 0.717) is 12.8 Å². The second kappa shape index (κ2) is 36.3. The van der Waals surface area contributed by atoms with E-state index in [4.69, 9.17) is 14.8 Å². The summed E-state index contributed by atoms with van der Waals surface area (Å²) in [5, 5.41) is 13.7. The van der Waals surface area contributed by atoms with Crippen molar-refractivity contribution in [3.05, 3.63) is 0 Å². The number of amides is 1. The number of nitrogens with two attached hydrogens (primary N) is 1. The molecule has 0 aromatic heterocycles. The Morgan fingerprint density at radius 3 is 1.33 bits per heavy atom. The first-order valence-electron chi connectivity index (χ1n) is 20.7. The van der Waals surface area contributed by atoms with Gasteiger partial charge in [0.05, 0.1) is 25.4 Å². The zero-order chi connectivity index (χ0) is 35.4.